The third-order valence-electron chi connectivity index (χ3n) is 3.91. The van der Waals surface area contributed by atoms with E-state index in [2.05, 4.69) is 15.6 Å². The molecule has 0 saturated heterocycles. The molecule has 0 radical (unpaired) electrons. The molecule has 2 amide bonds. The maximum Gasteiger partial charge on any atom is 0.254 e. The summed E-state index contributed by atoms with van der Waals surface area (Å²) in [4.78, 5) is 28.4. The minimum absolute atomic E-state index is 0.113. The first-order valence-electron chi connectivity index (χ1n) is 8.41. The monoisotopic (exact) mass is 399 g/mol. The van der Waals surface area contributed by atoms with E-state index in [1.807, 2.05) is 30.5 Å². The molecule has 1 heterocycles. The van der Waals surface area contributed by atoms with Gasteiger partial charge in [-0.1, -0.05) is 23.8 Å². The van der Waals surface area contributed by atoms with Gasteiger partial charge < -0.3 is 15.4 Å². The minimum atomic E-state index is -0.655. The van der Waals surface area contributed by atoms with Crippen molar-refractivity contribution in [2.45, 2.75) is 6.92 Å². The van der Waals surface area contributed by atoms with Crippen molar-refractivity contribution in [1.82, 2.24) is 10.3 Å². The second kappa shape index (κ2) is 8.62. The number of ether oxygens (including phenoxy) is 1. The molecule has 0 aliphatic rings. The van der Waals surface area contributed by atoms with Crippen LogP contribution in [0.15, 0.2) is 47.8 Å². The van der Waals surface area contributed by atoms with Crippen LogP contribution >= 0.6 is 11.3 Å². The van der Waals surface area contributed by atoms with Crippen molar-refractivity contribution in [2.75, 3.05) is 19.0 Å². The number of nitrogens with zero attached hydrogens (tertiary/aromatic N) is 1. The Bertz CT molecular complexity index is 1020. The topological polar surface area (TPSA) is 80.3 Å². The maximum atomic E-state index is 13.6. The van der Waals surface area contributed by atoms with Gasteiger partial charge in [0.2, 0.25) is 5.91 Å². The fraction of sp³-hybridized carbons (Fsp3) is 0.150. The number of thiazole rings is 1. The predicted molar refractivity (Wildman–Crippen MR) is 106 cm³/mol. The first-order chi connectivity index (χ1) is 13.5. The number of anilines is 1. The molecule has 3 rings (SSSR count). The number of methoxy groups -OCH3 is 1. The highest BCUT2D eigenvalue weighted by molar-refractivity contribution is 7.14. The van der Waals surface area contributed by atoms with Crippen LogP contribution in [-0.2, 0) is 4.79 Å². The molecule has 8 heteroatoms. The van der Waals surface area contributed by atoms with Gasteiger partial charge in [-0.15, -0.1) is 11.3 Å². The van der Waals surface area contributed by atoms with Gasteiger partial charge in [0.25, 0.3) is 5.91 Å². The van der Waals surface area contributed by atoms with Gasteiger partial charge in [-0.25, -0.2) is 9.37 Å². The Labute approximate surface area is 165 Å². The molecule has 144 valence electrons. The third kappa shape index (κ3) is 4.52. The van der Waals surface area contributed by atoms with Crippen LogP contribution in [0.5, 0.6) is 5.75 Å². The molecule has 6 nitrogen and oxygen atoms in total. The lowest BCUT2D eigenvalue weighted by molar-refractivity contribution is -0.115. The lowest BCUT2D eigenvalue weighted by Gasteiger charge is -2.07. The van der Waals surface area contributed by atoms with Crippen molar-refractivity contribution in [2.24, 2.45) is 0 Å². The van der Waals surface area contributed by atoms with Gasteiger partial charge in [0.05, 0.1) is 24.9 Å². The molecule has 3 aromatic rings. The summed E-state index contributed by atoms with van der Waals surface area (Å²) in [5.41, 5.74) is 2.45. The number of nitrogens with one attached hydrogen (secondary N) is 2. The van der Waals surface area contributed by atoms with E-state index in [1.54, 1.807) is 13.2 Å². The SMILES string of the molecule is COc1ccc(C)cc1-c1csc(NC(=O)CNC(=O)c2ccccc2F)n1. The van der Waals surface area contributed by atoms with Crippen LogP contribution in [-0.4, -0.2) is 30.5 Å². The number of carbonyl (C=O) groups excluding carboxylic acids is 2. The largest absolute Gasteiger partial charge is 0.496 e. The Kier molecular flexibility index (Phi) is 6.00. The van der Waals surface area contributed by atoms with Crippen LogP contribution in [0.3, 0.4) is 0 Å². The fourth-order valence-corrected chi connectivity index (χ4v) is 3.27. The van der Waals surface area contributed by atoms with Crippen molar-refractivity contribution in [3.05, 3.63) is 64.8 Å². The van der Waals surface area contributed by atoms with Crippen molar-refractivity contribution in [3.8, 4) is 17.0 Å². The summed E-state index contributed by atoms with van der Waals surface area (Å²) >= 11 is 1.26. The molecule has 0 unspecified atom stereocenters. The Morgan fingerprint density at radius 1 is 1.21 bits per heavy atom. The number of rotatable bonds is 6. The lowest BCUT2D eigenvalue weighted by Crippen LogP contribution is -2.33. The summed E-state index contributed by atoms with van der Waals surface area (Å²) in [6, 6.07) is 11.3. The summed E-state index contributed by atoms with van der Waals surface area (Å²) in [5, 5.41) is 7.22. The van der Waals surface area contributed by atoms with E-state index in [4.69, 9.17) is 4.74 Å². The highest BCUT2D eigenvalue weighted by Crippen LogP contribution is 2.32. The summed E-state index contributed by atoms with van der Waals surface area (Å²) in [6.45, 7) is 1.67. The molecule has 28 heavy (non-hydrogen) atoms. The molecule has 0 atom stereocenters. The van der Waals surface area contributed by atoms with E-state index in [0.29, 0.717) is 16.6 Å². The number of amides is 2. The molecule has 0 saturated carbocycles. The summed E-state index contributed by atoms with van der Waals surface area (Å²) in [5.74, 6) is -1.07. The zero-order chi connectivity index (χ0) is 20.1. The van der Waals surface area contributed by atoms with Crippen molar-refractivity contribution >= 4 is 28.3 Å². The number of hydrogen-bond acceptors (Lipinski definition) is 5. The summed E-state index contributed by atoms with van der Waals surface area (Å²) in [6.07, 6.45) is 0. The average molecular weight is 399 g/mol. The standard InChI is InChI=1S/C20H18FN3O3S/c1-12-7-8-17(27-2)14(9-12)16-11-28-20(23-16)24-18(25)10-22-19(26)13-5-3-4-6-15(13)21/h3-9,11H,10H2,1-2H3,(H,22,26)(H,23,24,25). The molecule has 0 aliphatic heterocycles. The van der Waals surface area contributed by atoms with Crippen molar-refractivity contribution in [3.63, 3.8) is 0 Å². The van der Waals surface area contributed by atoms with Crippen LogP contribution in [0.25, 0.3) is 11.3 Å². The van der Waals surface area contributed by atoms with Crippen LogP contribution in [0.2, 0.25) is 0 Å². The Hall–Kier alpha value is -3.26. The summed E-state index contributed by atoms with van der Waals surface area (Å²) in [7, 11) is 1.58. The average Bonchev–Trinajstić information content (AvgIpc) is 3.14. The molecular formula is C20H18FN3O3S. The molecule has 0 bridgehead atoms. The van der Waals surface area contributed by atoms with E-state index in [9.17, 15) is 14.0 Å². The van der Waals surface area contributed by atoms with Gasteiger partial charge >= 0.3 is 0 Å². The van der Waals surface area contributed by atoms with E-state index >= 15 is 0 Å². The number of carbonyl (C=O) groups is 2. The molecule has 0 aliphatic carbocycles. The van der Waals surface area contributed by atoms with E-state index in [1.165, 1.54) is 29.5 Å². The predicted octanol–water partition coefficient (Wildman–Crippen LogP) is 3.63. The number of halogens is 1. The molecule has 2 N–H and O–H groups in total. The molecular weight excluding hydrogens is 381 g/mol. The van der Waals surface area contributed by atoms with E-state index in [0.717, 1.165) is 11.1 Å². The van der Waals surface area contributed by atoms with E-state index < -0.39 is 17.6 Å². The van der Waals surface area contributed by atoms with Gasteiger partial charge in [0.1, 0.15) is 11.6 Å². The third-order valence-corrected chi connectivity index (χ3v) is 4.67. The number of aromatic nitrogens is 1. The zero-order valence-electron chi connectivity index (χ0n) is 15.3. The van der Waals surface area contributed by atoms with Gasteiger partial charge in [0.15, 0.2) is 5.13 Å². The number of aryl methyl sites for hydroxylation is 1. The normalized spacial score (nSPS) is 10.4. The van der Waals surface area contributed by atoms with Crippen LogP contribution < -0.4 is 15.4 Å². The molecule has 0 fully saturated rings. The quantitative estimate of drug-likeness (QED) is 0.663. The molecule has 1 aromatic heterocycles. The maximum absolute atomic E-state index is 13.6. The fourth-order valence-electron chi connectivity index (χ4n) is 2.54. The van der Waals surface area contributed by atoms with Crippen LogP contribution in [0.1, 0.15) is 15.9 Å². The highest BCUT2D eigenvalue weighted by atomic mass is 32.1. The van der Waals surface area contributed by atoms with Crippen LogP contribution in [0, 0.1) is 12.7 Å². The summed E-state index contributed by atoms with van der Waals surface area (Å²) < 4.78 is 18.9. The molecule has 0 spiro atoms. The van der Waals surface area contributed by atoms with Crippen LogP contribution in [0.4, 0.5) is 9.52 Å². The van der Waals surface area contributed by atoms with Crippen molar-refractivity contribution < 1.29 is 18.7 Å². The first-order valence-corrected chi connectivity index (χ1v) is 9.29. The van der Waals surface area contributed by atoms with Gasteiger partial charge in [-0.05, 0) is 31.2 Å². The second-order valence-corrected chi connectivity index (χ2v) is 6.81. The van der Waals surface area contributed by atoms with Gasteiger partial charge in [0, 0.05) is 10.9 Å². The smallest absolute Gasteiger partial charge is 0.254 e. The van der Waals surface area contributed by atoms with Gasteiger partial charge in [-0.3, -0.25) is 9.59 Å². The first kappa shape index (κ1) is 19.5. The Morgan fingerprint density at radius 3 is 2.75 bits per heavy atom. The molecule has 2 aromatic carbocycles. The van der Waals surface area contributed by atoms with Crippen molar-refractivity contribution in [1.29, 1.82) is 0 Å². The Balaban J connectivity index is 1.62. The second-order valence-electron chi connectivity index (χ2n) is 5.95. The highest BCUT2D eigenvalue weighted by Gasteiger charge is 2.14. The lowest BCUT2D eigenvalue weighted by atomic mass is 10.1. The minimum Gasteiger partial charge on any atom is -0.496 e. The zero-order valence-corrected chi connectivity index (χ0v) is 16.1. The van der Waals surface area contributed by atoms with E-state index in [-0.39, 0.29) is 12.1 Å². The number of benzene rings is 2. The Morgan fingerprint density at radius 2 is 2.00 bits per heavy atom. The number of hydrogen-bond donors (Lipinski definition) is 2. The van der Waals surface area contributed by atoms with Gasteiger partial charge in [-0.2, -0.15) is 0 Å².